The van der Waals surface area contributed by atoms with Gasteiger partial charge in [-0.25, -0.2) is 0 Å². The van der Waals surface area contributed by atoms with Gasteiger partial charge in [-0.2, -0.15) is 4.98 Å². The van der Waals surface area contributed by atoms with Gasteiger partial charge in [0.05, 0.1) is 6.04 Å². The second-order valence-electron chi connectivity index (χ2n) is 6.40. The highest BCUT2D eigenvalue weighted by atomic mass is 16.4. The number of nitrogens with one attached hydrogen (secondary N) is 1. The molecule has 1 heterocycles. The molecular weight excluding hydrogens is 300 g/mol. The number of benzene rings is 2. The van der Waals surface area contributed by atoms with Crippen LogP contribution in [-0.4, -0.2) is 16.8 Å². The standard InChI is InChI=1S/C20H22N2O2/c1-13(2)16-9-10-17-19(12-16)24-20(21-17)22-18(14(3)23)11-15-7-5-4-6-8-15/h4-10,12-13,18H,11H2,1-3H3,(H,21,22)/t18-/m0/s1. The van der Waals surface area contributed by atoms with E-state index in [0.29, 0.717) is 18.4 Å². The minimum atomic E-state index is -0.356. The Kier molecular flexibility index (Phi) is 4.65. The zero-order valence-corrected chi connectivity index (χ0v) is 14.2. The number of hydrogen-bond acceptors (Lipinski definition) is 4. The van der Waals surface area contributed by atoms with E-state index in [2.05, 4.69) is 30.2 Å². The van der Waals surface area contributed by atoms with E-state index in [9.17, 15) is 4.79 Å². The van der Waals surface area contributed by atoms with E-state index in [1.807, 2.05) is 42.5 Å². The van der Waals surface area contributed by atoms with E-state index in [4.69, 9.17) is 4.42 Å². The lowest BCUT2D eigenvalue weighted by Gasteiger charge is -2.14. The van der Waals surface area contributed by atoms with Gasteiger partial charge in [0, 0.05) is 0 Å². The summed E-state index contributed by atoms with van der Waals surface area (Å²) in [5.41, 5.74) is 3.84. The molecule has 3 aromatic rings. The number of carbonyl (C=O) groups excluding carboxylic acids is 1. The lowest BCUT2D eigenvalue weighted by atomic mass is 10.0. The predicted octanol–water partition coefficient (Wildman–Crippen LogP) is 4.56. The second kappa shape index (κ2) is 6.87. The first kappa shape index (κ1) is 16.2. The number of Topliss-reactive ketones (excluding diaryl/α,β-unsaturated/α-hetero) is 1. The molecule has 0 aliphatic heterocycles. The molecule has 0 spiro atoms. The Balaban J connectivity index is 1.82. The van der Waals surface area contributed by atoms with E-state index in [1.54, 1.807) is 6.92 Å². The van der Waals surface area contributed by atoms with Crippen molar-refractivity contribution in [2.24, 2.45) is 0 Å². The van der Waals surface area contributed by atoms with Gasteiger partial charge in [0.1, 0.15) is 5.52 Å². The van der Waals surface area contributed by atoms with Gasteiger partial charge in [-0.05, 0) is 42.5 Å². The van der Waals surface area contributed by atoms with Crippen LogP contribution in [0.3, 0.4) is 0 Å². The largest absolute Gasteiger partial charge is 0.424 e. The van der Waals surface area contributed by atoms with Gasteiger partial charge >= 0.3 is 0 Å². The van der Waals surface area contributed by atoms with Crippen LogP contribution < -0.4 is 5.32 Å². The van der Waals surface area contributed by atoms with E-state index in [-0.39, 0.29) is 11.8 Å². The molecule has 24 heavy (non-hydrogen) atoms. The van der Waals surface area contributed by atoms with Crippen molar-refractivity contribution in [1.82, 2.24) is 4.98 Å². The Morgan fingerprint density at radius 3 is 2.58 bits per heavy atom. The molecule has 4 heteroatoms. The van der Waals surface area contributed by atoms with Crippen LogP contribution in [0.5, 0.6) is 0 Å². The second-order valence-corrected chi connectivity index (χ2v) is 6.40. The number of aromatic nitrogens is 1. The molecule has 2 aromatic carbocycles. The van der Waals surface area contributed by atoms with Crippen LogP contribution in [0.15, 0.2) is 52.9 Å². The van der Waals surface area contributed by atoms with Crippen molar-refractivity contribution < 1.29 is 9.21 Å². The van der Waals surface area contributed by atoms with Crippen molar-refractivity contribution in [3.05, 3.63) is 59.7 Å². The third-order valence-corrected chi connectivity index (χ3v) is 4.15. The molecule has 0 saturated heterocycles. The summed E-state index contributed by atoms with van der Waals surface area (Å²) in [4.78, 5) is 16.4. The molecule has 0 saturated carbocycles. The highest BCUT2D eigenvalue weighted by Gasteiger charge is 2.18. The van der Waals surface area contributed by atoms with E-state index in [1.165, 1.54) is 5.56 Å². The van der Waals surface area contributed by atoms with Crippen molar-refractivity contribution >= 4 is 22.9 Å². The minimum absolute atomic E-state index is 0.0592. The maximum Gasteiger partial charge on any atom is 0.296 e. The number of carbonyl (C=O) groups is 1. The Morgan fingerprint density at radius 2 is 1.92 bits per heavy atom. The van der Waals surface area contributed by atoms with Crippen molar-refractivity contribution in [1.29, 1.82) is 0 Å². The first-order valence-electron chi connectivity index (χ1n) is 8.24. The van der Waals surface area contributed by atoms with Crippen LogP contribution in [0.4, 0.5) is 6.01 Å². The van der Waals surface area contributed by atoms with Crippen molar-refractivity contribution in [2.75, 3.05) is 5.32 Å². The first-order chi connectivity index (χ1) is 11.5. The number of fused-ring (bicyclic) bond motifs is 1. The maximum atomic E-state index is 12.0. The van der Waals surface area contributed by atoms with Crippen LogP contribution in [0.25, 0.3) is 11.1 Å². The SMILES string of the molecule is CC(=O)[C@H](Cc1ccccc1)Nc1nc2ccc(C(C)C)cc2o1. The summed E-state index contributed by atoms with van der Waals surface area (Å²) < 4.78 is 5.80. The minimum Gasteiger partial charge on any atom is -0.424 e. The van der Waals surface area contributed by atoms with Crippen LogP contribution in [0.2, 0.25) is 0 Å². The molecule has 0 aliphatic carbocycles. The molecule has 0 amide bonds. The Bertz CT molecular complexity index is 837. The van der Waals surface area contributed by atoms with Crippen molar-refractivity contribution in [3.8, 4) is 0 Å². The monoisotopic (exact) mass is 322 g/mol. The Morgan fingerprint density at radius 1 is 1.17 bits per heavy atom. The first-order valence-corrected chi connectivity index (χ1v) is 8.24. The average Bonchev–Trinajstić information content (AvgIpc) is 2.96. The molecule has 124 valence electrons. The zero-order valence-electron chi connectivity index (χ0n) is 14.2. The number of hydrogen-bond donors (Lipinski definition) is 1. The molecule has 0 fully saturated rings. The van der Waals surface area contributed by atoms with Crippen molar-refractivity contribution in [3.63, 3.8) is 0 Å². The molecule has 0 unspecified atom stereocenters. The molecule has 0 radical (unpaired) electrons. The Hall–Kier alpha value is -2.62. The number of nitrogens with zero attached hydrogens (tertiary/aromatic N) is 1. The zero-order chi connectivity index (χ0) is 17.1. The van der Waals surface area contributed by atoms with Gasteiger partial charge in [-0.15, -0.1) is 0 Å². The molecule has 1 N–H and O–H groups in total. The third-order valence-electron chi connectivity index (χ3n) is 4.15. The lowest BCUT2D eigenvalue weighted by molar-refractivity contribution is -0.117. The Labute approximate surface area is 141 Å². The topological polar surface area (TPSA) is 55.1 Å². The quantitative estimate of drug-likeness (QED) is 0.722. The third kappa shape index (κ3) is 3.65. The summed E-state index contributed by atoms with van der Waals surface area (Å²) in [6.07, 6.45) is 0.603. The highest BCUT2D eigenvalue weighted by molar-refractivity contribution is 5.84. The summed E-state index contributed by atoms with van der Waals surface area (Å²) >= 11 is 0. The average molecular weight is 322 g/mol. The maximum absolute atomic E-state index is 12.0. The molecule has 1 atom stereocenters. The highest BCUT2D eigenvalue weighted by Crippen LogP contribution is 2.24. The van der Waals surface area contributed by atoms with Gasteiger partial charge in [-0.3, -0.25) is 4.79 Å². The van der Waals surface area contributed by atoms with E-state index < -0.39 is 0 Å². The summed E-state index contributed by atoms with van der Waals surface area (Å²) in [6, 6.07) is 16.0. The van der Waals surface area contributed by atoms with Crippen molar-refractivity contribution in [2.45, 2.75) is 39.2 Å². The summed E-state index contributed by atoms with van der Waals surface area (Å²) in [5, 5.41) is 3.14. The number of oxazole rings is 1. The van der Waals surface area contributed by atoms with Gasteiger partial charge in [0.15, 0.2) is 11.4 Å². The van der Waals surface area contributed by atoms with Crippen LogP contribution in [0.1, 0.15) is 37.8 Å². The smallest absolute Gasteiger partial charge is 0.296 e. The molecule has 4 nitrogen and oxygen atoms in total. The molecule has 0 aliphatic rings. The molecular formula is C20H22N2O2. The lowest BCUT2D eigenvalue weighted by Crippen LogP contribution is -2.29. The number of rotatable bonds is 6. The molecule has 3 rings (SSSR count). The van der Waals surface area contributed by atoms with Gasteiger partial charge in [-0.1, -0.05) is 50.2 Å². The molecule has 0 bridgehead atoms. The fourth-order valence-electron chi connectivity index (χ4n) is 2.66. The van der Waals surface area contributed by atoms with Crippen LogP contribution >= 0.6 is 0 Å². The number of ketones is 1. The normalized spacial score (nSPS) is 12.5. The number of anilines is 1. The van der Waals surface area contributed by atoms with Gasteiger partial charge in [0.2, 0.25) is 0 Å². The predicted molar refractivity (Wildman–Crippen MR) is 96.3 cm³/mol. The molecule has 1 aromatic heterocycles. The van der Waals surface area contributed by atoms with Crippen LogP contribution in [-0.2, 0) is 11.2 Å². The summed E-state index contributed by atoms with van der Waals surface area (Å²) in [5.74, 6) is 0.489. The fraction of sp³-hybridized carbons (Fsp3) is 0.300. The van der Waals surface area contributed by atoms with E-state index in [0.717, 1.165) is 16.7 Å². The fourth-order valence-corrected chi connectivity index (χ4v) is 2.66. The summed E-state index contributed by atoms with van der Waals surface area (Å²) in [6.45, 7) is 5.87. The van der Waals surface area contributed by atoms with Crippen LogP contribution in [0, 0.1) is 0 Å². The van der Waals surface area contributed by atoms with Gasteiger partial charge in [0.25, 0.3) is 6.01 Å². The van der Waals surface area contributed by atoms with E-state index >= 15 is 0 Å². The van der Waals surface area contributed by atoms with Gasteiger partial charge < -0.3 is 9.73 Å². The summed E-state index contributed by atoms with van der Waals surface area (Å²) in [7, 11) is 0.